The molecule has 0 radical (unpaired) electrons. The molecule has 0 nitrogen and oxygen atoms in total. The van der Waals surface area contributed by atoms with Crippen LogP contribution in [0.4, 0.5) is 0 Å². The van der Waals surface area contributed by atoms with E-state index in [4.69, 9.17) is 0 Å². The van der Waals surface area contributed by atoms with Gasteiger partial charge in [0, 0.05) is 0 Å². The van der Waals surface area contributed by atoms with Gasteiger partial charge >= 0.3 is 0 Å². The van der Waals surface area contributed by atoms with Crippen LogP contribution < -0.4 is 0 Å². The van der Waals surface area contributed by atoms with E-state index in [2.05, 4.69) is 13.8 Å². The molecule has 20 heavy (non-hydrogen) atoms. The third-order valence-electron chi connectivity index (χ3n) is 7.84. The van der Waals surface area contributed by atoms with Crippen LogP contribution in [0.15, 0.2) is 0 Å². The van der Waals surface area contributed by atoms with Crippen LogP contribution in [0.1, 0.15) is 78.1 Å². The molecule has 114 valence electrons. The molecule has 0 N–H and O–H groups in total. The fraction of sp³-hybridized carbons (Fsp3) is 1.00. The standard InChI is InChI=1S/C20H34/c1-13(2)19(15-6-4-3-5-7-15)20-17-9-8-16-10-14(11-17)12-18(16)20/h13-20H,3-12H2,1-2H3. The summed E-state index contributed by atoms with van der Waals surface area (Å²) in [4.78, 5) is 0. The van der Waals surface area contributed by atoms with E-state index in [1.807, 2.05) is 0 Å². The molecule has 4 rings (SSSR count). The first-order valence-electron chi connectivity index (χ1n) is 9.74. The van der Waals surface area contributed by atoms with Crippen LogP contribution in [0, 0.1) is 47.3 Å². The molecule has 4 aliphatic carbocycles. The number of rotatable bonds is 3. The quantitative estimate of drug-likeness (QED) is 0.600. The van der Waals surface area contributed by atoms with Gasteiger partial charge in [-0.3, -0.25) is 0 Å². The molecule has 0 spiro atoms. The van der Waals surface area contributed by atoms with Crippen molar-refractivity contribution in [1.82, 2.24) is 0 Å². The number of fused-ring (bicyclic) bond motifs is 2. The maximum Gasteiger partial charge on any atom is -0.0321 e. The zero-order chi connectivity index (χ0) is 13.7. The Balaban J connectivity index is 1.59. The molecule has 0 heteroatoms. The van der Waals surface area contributed by atoms with E-state index in [0.717, 1.165) is 47.3 Å². The van der Waals surface area contributed by atoms with Crippen molar-refractivity contribution in [3.8, 4) is 0 Å². The SMILES string of the molecule is CC(C)C(C1CCCCC1)C1C2CCC3CC(C2)CC31. The van der Waals surface area contributed by atoms with Crippen LogP contribution in [-0.2, 0) is 0 Å². The molecule has 0 aromatic rings. The Morgan fingerprint density at radius 2 is 1.45 bits per heavy atom. The second-order valence-corrected chi connectivity index (χ2v) is 9.13. The summed E-state index contributed by atoms with van der Waals surface area (Å²) < 4.78 is 0. The van der Waals surface area contributed by atoms with Crippen molar-refractivity contribution in [2.45, 2.75) is 78.1 Å². The van der Waals surface area contributed by atoms with Gasteiger partial charge in [0.25, 0.3) is 0 Å². The Labute approximate surface area is 126 Å². The Morgan fingerprint density at radius 1 is 0.750 bits per heavy atom. The van der Waals surface area contributed by atoms with Gasteiger partial charge in [0.2, 0.25) is 0 Å². The van der Waals surface area contributed by atoms with Crippen molar-refractivity contribution in [3.05, 3.63) is 0 Å². The third-order valence-corrected chi connectivity index (χ3v) is 7.84. The second-order valence-electron chi connectivity index (χ2n) is 9.13. The minimum Gasteiger partial charge on any atom is -0.0625 e. The number of hydrogen-bond acceptors (Lipinski definition) is 0. The minimum atomic E-state index is 0.932. The zero-order valence-electron chi connectivity index (χ0n) is 13.7. The monoisotopic (exact) mass is 274 g/mol. The van der Waals surface area contributed by atoms with E-state index in [0.29, 0.717) is 0 Å². The third kappa shape index (κ3) is 2.17. The Kier molecular flexibility index (Phi) is 3.63. The first-order valence-corrected chi connectivity index (χ1v) is 9.74. The summed E-state index contributed by atoms with van der Waals surface area (Å²) in [5, 5.41) is 0. The smallest absolute Gasteiger partial charge is 0.0321 e. The van der Waals surface area contributed by atoms with Gasteiger partial charge < -0.3 is 0 Å². The van der Waals surface area contributed by atoms with Crippen LogP contribution in [0.3, 0.4) is 0 Å². The summed E-state index contributed by atoms with van der Waals surface area (Å²) in [6.45, 7) is 5.10. The fourth-order valence-electron chi connectivity index (χ4n) is 7.37. The van der Waals surface area contributed by atoms with Gasteiger partial charge in [0.15, 0.2) is 0 Å². The lowest BCUT2D eigenvalue weighted by Gasteiger charge is -2.50. The topological polar surface area (TPSA) is 0 Å². The molecular formula is C20H34. The first kappa shape index (κ1) is 13.6. The van der Waals surface area contributed by atoms with E-state index < -0.39 is 0 Å². The molecule has 0 amide bonds. The summed E-state index contributed by atoms with van der Waals surface area (Å²) in [7, 11) is 0. The van der Waals surface area contributed by atoms with Crippen molar-refractivity contribution in [3.63, 3.8) is 0 Å². The van der Waals surface area contributed by atoms with E-state index in [9.17, 15) is 0 Å². The van der Waals surface area contributed by atoms with Crippen LogP contribution in [0.2, 0.25) is 0 Å². The molecule has 4 saturated carbocycles. The predicted octanol–water partition coefficient (Wildman–Crippen LogP) is 5.91. The highest BCUT2D eigenvalue weighted by molar-refractivity contribution is 5.03. The highest BCUT2D eigenvalue weighted by Crippen LogP contribution is 2.62. The molecular weight excluding hydrogens is 240 g/mol. The molecule has 0 aromatic heterocycles. The van der Waals surface area contributed by atoms with Gasteiger partial charge in [-0.05, 0) is 79.4 Å². The molecule has 6 atom stereocenters. The molecule has 6 unspecified atom stereocenters. The fourth-order valence-corrected chi connectivity index (χ4v) is 7.37. The van der Waals surface area contributed by atoms with Gasteiger partial charge in [0.05, 0.1) is 0 Å². The maximum absolute atomic E-state index is 2.55. The first-order chi connectivity index (χ1) is 9.74. The van der Waals surface area contributed by atoms with E-state index >= 15 is 0 Å². The van der Waals surface area contributed by atoms with E-state index in [1.165, 1.54) is 19.3 Å². The lowest BCUT2D eigenvalue weighted by Crippen LogP contribution is -2.43. The van der Waals surface area contributed by atoms with Crippen molar-refractivity contribution in [2.75, 3.05) is 0 Å². The van der Waals surface area contributed by atoms with Crippen molar-refractivity contribution < 1.29 is 0 Å². The summed E-state index contributed by atoms with van der Waals surface area (Å²) in [5.41, 5.74) is 0. The maximum atomic E-state index is 2.55. The molecule has 0 aromatic carbocycles. The molecule has 4 aliphatic rings. The molecule has 3 bridgehead atoms. The Morgan fingerprint density at radius 3 is 2.20 bits per heavy atom. The van der Waals surface area contributed by atoms with Crippen molar-refractivity contribution in [2.24, 2.45) is 47.3 Å². The summed E-state index contributed by atoms with van der Waals surface area (Å²) >= 11 is 0. The summed E-state index contributed by atoms with van der Waals surface area (Å²) in [6, 6.07) is 0. The predicted molar refractivity (Wildman–Crippen MR) is 85.4 cm³/mol. The molecule has 0 heterocycles. The van der Waals surface area contributed by atoms with Crippen molar-refractivity contribution >= 4 is 0 Å². The Hall–Kier alpha value is 0. The van der Waals surface area contributed by atoms with Gasteiger partial charge in [-0.25, -0.2) is 0 Å². The van der Waals surface area contributed by atoms with Crippen LogP contribution >= 0.6 is 0 Å². The van der Waals surface area contributed by atoms with Gasteiger partial charge in [-0.15, -0.1) is 0 Å². The lowest BCUT2D eigenvalue weighted by molar-refractivity contribution is -0.0166. The van der Waals surface area contributed by atoms with Crippen LogP contribution in [-0.4, -0.2) is 0 Å². The van der Waals surface area contributed by atoms with E-state index in [-0.39, 0.29) is 0 Å². The van der Waals surface area contributed by atoms with Gasteiger partial charge in [0.1, 0.15) is 0 Å². The summed E-state index contributed by atoms with van der Waals surface area (Å²) in [6.07, 6.45) is 15.8. The zero-order valence-corrected chi connectivity index (χ0v) is 13.7. The lowest BCUT2D eigenvalue weighted by atomic mass is 9.55. The minimum absolute atomic E-state index is 0.932. The Bertz CT molecular complexity index is 338. The average Bonchev–Trinajstić information content (AvgIpc) is 2.65. The number of hydrogen-bond donors (Lipinski definition) is 0. The normalized spacial score (nSPS) is 46.0. The highest BCUT2D eigenvalue weighted by atomic mass is 14.6. The average molecular weight is 274 g/mol. The largest absolute Gasteiger partial charge is 0.0625 e. The van der Waals surface area contributed by atoms with E-state index in [1.54, 1.807) is 44.9 Å². The highest BCUT2D eigenvalue weighted by Gasteiger charge is 2.53. The van der Waals surface area contributed by atoms with Gasteiger partial charge in [-0.1, -0.05) is 46.0 Å². The van der Waals surface area contributed by atoms with Crippen LogP contribution in [0.25, 0.3) is 0 Å². The van der Waals surface area contributed by atoms with Crippen molar-refractivity contribution in [1.29, 1.82) is 0 Å². The molecule has 0 saturated heterocycles. The summed E-state index contributed by atoms with van der Waals surface area (Å²) in [5.74, 6) is 8.81. The van der Waals surface area contributed by atoms with Gasteiger partial charge in [-0.2, -0.15) is 0 Å². The molecule has 4 fully saturated rings. The second kappa shape index (κ2) is 5.33. The molecule has 0 aliphatic heterocycles. The van der Waals surface area contributed by atoms with Crippen LogP contribution in [0.5, 0.6) is 0 Å².